The van der Waals surface area contributed by atoms with Crippen molar-refractivity contribution >= 4 is 23.5 Å². The van der Waals surface area contributed by atoms with Crippen molar-refractivity contribution < 1.29 is 24.2 Å². The minimum Gasteiger partial charge on any atom is -0.496 e. The van der Waals surface area contributed by atoms with E-state index in [0.29, 0.717) is 30.8 Å². The number of carboxylic acids is 1. The van der Waals surface area contributed by atoms with Gasteiger partial charge in [0.15, 0.2) is 0 Å². The fraction of sp³-hybridized carbons (Fsp3) is 0.286. The lowest BCUT2D eigenvalue weighted by molar-refractivity contribution is -0.116. The lowest BCUT2D eigenvalue weighted by Gasteiger charge is -2.15. The van der Waals surface area contributed by atoms with Crippen LogP contribution in [0, 0.1) is 0 Å². The van der Waals surface area contributed by atoms with Crippen molar-refractivity contribution in [3.63, 3.8) is 0 Å². The van der Waals surface area contributed by atoms with Crippen molar-refractivity contribution in [2.45, 2.75) is 19.8 Å². The molecular formula is C21H22N2O5. The van der Waals surface area contributed by atoms with E-state index in [-0.39, 0.29) is 17.4 Å². The number of anilines is 1. The van der Waals surface area contributed by atoms with Crippen LogP contribution < -0.4 is 15.0 Å². The quantitative estimate of drug-likeness (QED) is 0.799. The highest BCUT2D eigenvalue weighted by atomic mass is 16.5. The van der Waals surface area contributed by atoms with Crippen LogP contribution in [0.2, 0.25) is 0 Å². The minimum absolute atomic E-state index is 0.00110. The van der Waals surface area contributed by atoms with E-state index in [1.165, 1.54) is 26.2 Å². The van der Waals surface area contributed by atoms with Gasteiger partial charge in [0.05, 0.1) is 12.7 Å². The number of nitrogens with one attached hydrogen (secondary N) is 1. The molecule has 28 heavy (non-hydrogen) atoms. The number of hydrogen-bond acceptors (Lipinski definition) is 4. The molecule has 0 aromatic heterocycles. The first-order valence-electron chi connectivity index (χ1n) is 9.00. The Morgan fingerprint density at radius 1 is 1.14 bits per heavy atom. The Morgan fingerprint density at radius 3 is 2.57 bits per heavy atom. The average molecular weight is 382 g/mol. The zero-order valence-corrected chi connectivity index (χ0v) is 15.8. The summed E-state index contributed by atoms with van der Waals surface area (Å²) >= 11 is 0. The standard InChI is InChI=1S/C21H22N2O5/c1-13(24)23-10-8-15-11-16(5-6-18(15)23)20(25)22-9-7-14-3-4-17(21(26)27)12-19(14)28-2/h3-6,11-12H,7-10H2,1-2H3,(H,22,25)(H,26,27). The molecule has 2 amide bonds. The van der Waals surface area contributed by atoms with Crippen molar-refractivity contribution in [2.75, 3.05) is 25.1 Å². The Labute approximate surface area is 162 Å². The lowest BCUT2D eigenvalue weighted by Crippen LogP contribution is -2.26. The molecule has 0 unspecified atom stereocenters. The SMILES string of the molecule is COc1cc(C(=O)O)ccc1CCNC(=O)c1ccc2c(c1)CCN2C(C)=O. The van der Waals surface area contributed by atoms with Crippen molar-refractivity contribution in [3.8, 4) is 5.75 Å². The van der Waals surface area contributed by atoms with E-state index in [4.69, 9.17) is 9.84 Å². The summed E-state index contributed by atoms with van der Waals surface area (Å²) in [5.41, 5.74) is 3.39. The van der Waals surface area contributed by atoms with Crippen molar-refractivity contribution in [1.82, 2.24) is 5.32 Å². The third-order valence-electron chi connectivity index (χ3n) is 4.83. The number of carbonyl (C=O) groups excluding carboxylic acids is 2. The van der Waals surface area contributed by atoms with E-state index in [0.717, 1.165) is 23.2 Å². The van der Waals surface area contributed by atoms with Crippen LogP contribution in [-0.2, 0) is 17.6 Å². The summed E-state index contributed by atoms with van der Waals surface area (Å²) in [5.74, 6) is -0.724. The number of nitrogens with zero attached hydrogens (tertiary/aromatic N) is 1. The Kier molecular flexibility index (Phi) is 5.63. The number of fused-ring (bicyclic) bond motifs is 1. The molecule has 0 aliphatic carbocycles. The van der Waals surface area contributed by atoms with Crippen molar-refractivity contribution in [3.05, 3.63) is 58.7 Å². The number of hydrogen-bond donors (Lipinski definition) is 2. The van der Waals surface area contributed by atoms with Gasteiger partial charge in [0.25, 0.3) is 5.91 Å². The van der Waals surface area contributed by atoms with Crippen LogP contribution in [0.15, 0.2) is 36.4 Å². The van der Waals surface area contributed by atoms with E-state index in [1.54, 1.807) is 17.0 Å². The number of rotatable bonds is 6. The molecule has 3 rings (SSSR count). The highest BCUT2D eigenvalue weighted by Gasteiger charge is 2.23. The molecule has 0 bridgehead atoms. The molecule has 0 atom stereocenters. The zero-order valence-electron chi connectivity index (χ0n) is 15.8. The van der Waals surface area contributed by atoms with Crippen LogP contribution in [0.5, 0.6) is 5.75 Å². The number of ether oxygens (including phenoxy) is 1. The Morgan fingerprint density at radius 2 is 1.89 bits per heavy atom. The molecule has 0 saturated heterocycles. The maximum Gasteiger partial charge on any atom is 0.335 e. The number of carboxylic acid groups (broad SMARTS) is 1. The maximum atomic E-state index is 12.4. The smallest absolute Gasteiger partial charge is 0.335 e. The summed E-state index contributed by atoms with van der Waals surface area (Å²) < 4.78 is 5.25. The summed E-state index contributed by atoms with van der Waals surface area (Å²) in [6.07, 6.45) is 1.25. The first-order valence-corrected chi connectivity index (χ1v) is 9.00. The van der Waals surface area contributed by atoms with E-state index in [1.807, 2.05) is 12.1 Å². The predicted molar refractivity (Wildman–Crippen MR) is 104 cm³/mol. The van der Waals surface area contributed by atoms with Gasteiger partial charge in [-0.2, -0.15) is 0 Å². The van der Waals surface area contributed by atoms with Gasteiger partial charge in [-0.25, -0.2) is 4.79 Å². The van der Waals surface area contributed by atoms with Gasteiger partial charge in [0, 0.05) is 31.3 Å². The number of carbonyl (C=O) groups is 3. The fourth-order valence-corrected chi connectivity index (χ4v) is 3.37. The van der Waals surface area contributed by atoms with E-state index in [2.05, 4.69) is 5.32 Å². The third-order valence-corrected chi connectivity index (χ3v) is 4.83. The molecule has 2 N–H and O–H groups in total. The van der Waals surface area contributed by atoms with Crippen molar-refractivity contribution in [1.29, 1.82) is 0 Å². The third kappa shape index (κ3) is 3.98. The van der Waals surface area contributed by atoms with Gasteiger partial charge in [0.1, 0.15) is 5.75 Å². The molecule has 146 valence electrons. The molecule has 2 aromatic carbocycles. The highest BCUT2D eigenvalue weighted by molar-refractivity contribution is 5.97. The van der Waals surface area contributed by atoms with Crippen LogP contribution in [0.1, 0.15) is 38.8 Å². The molecule has 1 heterocycles. The van der Waals surface area contributed by atoms with Gasteiger partial charge in [-0.05, 0) is 54.3 Å². The van der Waals surface area contributed by atoms with Gasteiger partial charge in [-0.3, -0.25) is 9.59 Å². The van der Waals surface area contributed by atoms with Gasteiger partial charge in [-0.15, -0.1) is 0 Å². The molecule has 1 aliphatic heterocycles. The molecule has 1 aliphatic rings. The summed E-state index contributed by atoms with van der Waals surface area (Å²) in [5, 5.41) is 11.9. The number of aromatic carboxylic acids is 1. The molecule has 0 spiro atoms. The average Bonchev–Trinajstić information content (AvgIpc) is 3.11. The van der Waals surface area contributed by atoms with Crippen LogP contribution >= 0.6 is 0 Å². The normalized spacial score (nSPS) is 12.4. The first kappa shape index (κ1) is 19.4. The van der Waals surface area contributed by atoms with Crippen LogP contribution in [-0.4, -0.2) is 43.1 Å². The second kappa shape index (κ2) is 8.12. The summed E-state index contributed by atoms with van der Waals surface area (Å²) in [4.78, 5) is 36.8. The van der Waals surface area contributed by atoms with Gasteiger partial charge < -0.3 is 20.1 Å². The Balaban J connectivity index is 1.62. The van der Waals surface area contributed by atoms with E-state index in [9.17, 15) is 14.4 Å². The minimum atomic E-state index is -1.02. The second-order valence-electron chi connectivity index (χ2n) is 6.60. The highest BCUT2D eigenvalue weighted by Crippen LogP contribution is 2.29. The monoisotopic (exact) mass is 382 g/mol. The molecule has 0 fully saturated rings. The molecular weight excluding hydrogens is 360 g/mol. The molecule has 7 nitrogen and oxygen atoms in total. The number of amides is 2. The maximum absolute atomic E-state index is 12.4. The second-order valence-corrected chi connectivity index (χ2v) is 6.60. The van der Waals surface area contributed by atoms with Gasteiger partial charge >= 0.3 is 5.97 Å². The van der Waals surface area contributed by atoms with Gasteiger partial charge in [0.2, 0.25) is 5.91 Å². The Hall–Kier alpha value is -3.35. The number of methoxy groups -OCH3 is 1. The molecule has 7 heteroatoms. The summed E-state index contributed by atoms with van der Waals surface area (Å²) in [7, 11) is 1.48. The molecule has 2 aromatic rings. The molecule has 0 radical (unpaired) electrons. The number of benzene rings is 2. The first-order chi connectivity index (χ1) is 13.4. The fourth-order valence-electron chi connectivity index (χ4n) is 3.37. The lowest BCUT2D eigenvalue weighted by atomic mass is 10.1. The predicted octanol–water partition coefficient (Wildman–Crippen LogP) is 2.27. The van der Waals surface area contributed by atoms with Crippen LogP contribution in [0.4, 0.5) is 5.69 Å². The van der Waals surface area contributed by atoms with E-state index >= 15 is 0 Å². The summed E-state index contributed by atoms with van der Waals surface area (Å²) in [6, 6.07) is 10.0. The topological polar surface area (TPSA) is 95.9 Å². The van der Waals surface area contributed by atoms with Crippen molar-refractivity contribution in [2.24, 2.45) is 0 Å². The Bertz CT molecular complexity index is 938. The largest absolute Gasteiger partial charge is 0.496 e. The van der Waals surface area contributed by atoms with E-state index < -0.39 is 5.97 Å². The zero-order chi connectivity index (χ0) is 20.3. The van der Waals surface area contributed by atoms with Crippen LogP contribution in [0.25, 0.3) is 0 Å². The van der Waals surface area contributed by atoms with Crippen LogP contribution in [0.3, 0.4) is 0 Å². The molecule has 0 saturated carbocycles. The van der Waals surface area contributed by atoms with Gasteiger partial charge in [-0.1, -0.05) is 6.07 Å². The summed E-state index contributed by atoms with van der Waals surface area (Å²) in [6.45, 7) is 2.56.